The predicted molar refractivity (Wildman–Crippen MR) is 147 cm³/mol. The van der Waals surface area contributed by atoms with E-state index in [0.717, 1.165) is 14.0 Å². The fourth-order valence-electron chi connectivity index (χ4n) is 4.65. The van der Waals surface area contributed by atoms with Crippen LogP contribution in [0.25, 0.3) is 0 Å². The Morgan fingerprint density at radius 2 is 1.61 bits per heavy atom. The molecule has 19 nitrogen and oxygen atoms in total. The highest BCUT2D eigenvalue weighted by Gasteiger charge is 2.54. The van der Waals surface area contributed by atoms with Crippen LogP contribution < -0.4 is 16.0 Å². The van der Waals surface area contributed by atoms with Crippen molar-refractivity contribution in [2.75, 3.05) is 27.6 Å². The number of aliphatic hydroxyl groups excluding tert-OH is 4. The van der Waals surface area contributed by atoms with E-state index >= 15 is 0 Å². The smallest absolute Gasteiger partial charge is 0.339 e. The van der Waals surface area contributed by atoms with E-state index in [1.807, 2.05) is 0 Å². The third-order valence-corrected chi connectivity index (χ3v) is 7.62. The minimum Gasteiger partial charge on any atom is -0.442 e. The van der Waals surface area contributed by atoms with Gasteiger partial charge >= 0.3 is 5.97 Å². The second kappa shape index (κ2) is 16.7. The average molecular weight is 657 g/mol. The van der Waals surface area contributed by atoms with Crippen molar-refractivity contribution in [2.24, 2.45) is 4.58 Å². The lowest BCUT2D eigenvalue weighted by molar-refractivity contribution is -0.339. The van der Waals surface area contributed by atoms with Crippen LogP contribution in [0.5, 0.6) is 0 Å². The van der Waals surface area contributed by atoms with E-state index in [0.29, 0.717) is 11.9 Å². The molecule has 252 valence electrons. The summed E-state index contributed by atoms with van der Waals surface area (Å²) in [6.45, 7) is 3.82. The summed E-state index contributed by atoms with van der Waals surface area (Å²) in [5.74, 6) is -3.20. The summed E-state index contributed by atoms with van der Waals surface area (Å²) < 4.78 is 33.9. The molecule has 2 aliphatic heterocycles. The first-order chi connectivity index (χ1) is 20.6. The SMILES string of the molecule is COC1OC(C(=O)OCNC(=O)[C@H](NC(C)=O)C(C)(C)SN=O)[C@@H](O[C@@H]2OC(CO)C(O)[C@H](OC)C2NC(C)=O)C(O)C1O. The van der Waals surface area contributed by atoms with E-state index in [-0.39, 0.29) is 0 Å². The largest absolute Gasteiger partial charge is 0.442 e. The number of amides is 3. The first-order valence-electron chi connectivity index (χ1n) is 13.3. The van der Waals surface area contributed by atoms with E-state index < -0.39 is 109 Å². The van der Waals surface area contributed by atoms with Crippen molar-refractivity contribution in [1.29, 1.82) is 0 Å². The number of hydrogen-bond donors (Lipinski definition) is 7. The van der Waals surface area contributed by atoms with Crippen LogP contribution in [0.2, 0.25) is 0 Å². The molecule has 0 bridgehead atoms. The Morgan fingerprint density at radius 3 is 2.14 bits per heavy atom. The molecule has 0 aromatic rings. The Kier molecular flexibility index (Phi) is 14.3. The van der Waals surface area contributed by atoms with Gasteiger partial charge in [0.2, 0.25) is 17.7 Å². The number of methoxy groups -OCH3 is 2. The molecule has 11 atom stereocenters. The number of carbonyl (C=O) groups is 4. The summed E-state index contributed by atoms with van der Waals surface area (Å²) in [6, 6.07) is -2.50. The number of esters is 1. The minimum atomic E-state index is -1.87. The summed E-state index contributed by atoms with van der Waals surface area (Å²) in [7, 11) is 2.36. The van der Waals surface area contributed by atoms with Crippen LogP contribution in [0, 0.1) is 4.91 Å². The second-order valence-electron chi connectivity index (χ2n) is 10.4. The Balaban J connectivity index is 2.27. The van der Waals surface area contributed by atoms with Crippen LogP contribution in [-0.4, -0.2) is 144 Å². The summed E-state index contributed by atoms with van der Waals surface area (Å²) in [6.07, 6.45) is -14.2. The number of nitrogens with one attached hydrogen (secondary N) is 3. The summed E-state index contributed by atoms with van der Waals surface area (Å²) >= 11 is 0.508. The van der Waals surface area contributed by atoms with Gasteiger partial charge in [0.15, 0.2) is 25.4 Å². The van der Waals surface area contributed by atoms with E-state index in [2.05, 4.69) is 20.5 Å². The maximum absolute atomic E-state index is 13.2. The topological polar surface area (TPSA) is 270 Å². The predicted octanol–water partition coefficient (Wildman–Crippen LogP) is -3.62. The van der Waals surface area contributed by atoms with Gasteiger partial charge in [-0.1, -0.05) is 0 Å². The third kappa shape index (κ3) is 9.25. The molecule has 3 amide bonds. The van der Waals surface area contributed by atoms with Crippen LogP contribution >= 0.6 is 11.9 Å². The molecule has 2 aliphatic rings. The molecule has 20 heteroatoms. The first-order valence-corrected chi connectivity index (χ1v) is 14.1. The number of nitrogens with zero attached hydrogens (tertiary/aromatic N) is 1. The van der Waals surface area contributed by atoms with Gasteiger partial charge in [-0.15, -0.1) is 4.91 Å². The standard InChI is InChI=1S/C24H40N4O15S/c1-9(30)26-12-16(38-5)13(32)11(7-29)41-22(12)42-17-14(33)15(34)23(39-6)43-18(17)21(36)40-8-25-20(35)19(27-10(2)31)24(3,4)44-28-37/h11-19,22-23,29,32-34H,7-8H2,1-6H3,(H,25,35)(H,26,30)(H,27,31)/t11?,12?,13?,14?,15?,16-,17+,18?,19+,22+,23?/m1/s1. The number of hydrogen-bond acceptors (Lipinski definition) is 17. The number of carbonyl (C=O) groups excluding carboxylic acids is 4. The Hall–Kier alpha value is -2.53. The summed E-state index contributed by atoms with van der Waals surface area (Å²) in [5.41, 5.74) is 0. The second-order valence-corrected chi connectivity index (χ2v) is 11.8. The van der Waals surface area contributed by atoms with Crippen LogP contribution in [0.1, 0.15) is 27.7 Å². The molecule has 2 saturated heterocycles. The van der Waals surface area contributed by atoms with Crippen molar-refractivity contribution >= 4 is 35.6 Å². The Morgan fingerprint density at radius 1 is 0.955 bits per heavy atom. The van der Waals surface area contributed by atoms with E-state index in [9.17, 15) is 44.5 Å². The monoisotopic (exact) mass is 656 g/mol. The Labute approximate surface area is 256 Å². The highest BCUT2D eigenvalue weighted by molar-refractivity contribution is 7.99. The molecular weight excluding hydrogens is 616 g/mol. The molecular formula is C24H40N4O15S. The number of aliphatic hydroxyl groups is 4. The van der Waals surface area contributed by atoms with Gasteiger partial charge < -0.3 is 64.8 Å². The molecule has 7 unspecified atom stereocenters. The molecule has 2 rings (SSSR count). The van der Waals surface area contributed by atoms with E-state index in [1.54, 1.807) is 0 Å². The molecule has 2 fully saturated rings. The van der Waals surface area contributed by atoms with Gasteiger partial charge in [-0.2, -0.15) is 0 Å². The highest BCUT2D eigenvalue weighted by atomic mass is 32.2. The van der Waals surface area contributed by atoms with Gasteiger partial charge in [-0.3, -0.25) is 14.4 Å². The maximum atomic E-state index is 13.2. The van der Waals surface area contributed by atoms with Crippen molar-refractivity contribution in [3.05, 3.63) is 4.91 Å². The van der Waals surface area contributed by atoms with Crippen molar-refractivity contribution in [3.63, 3.8) is 0 Å². The molecule has 0 radical (unpaired) electrons. The number of ether oxygens (including phenoxy) is 6. The molecule has 2 heterocycles. The van der Waals surface area contributed by atoms with Gasteiger partial charge in [0, 0.05) is 44.6 Å². The molecule has 0 aliphatic carbocycles. The van der Waals surface area contributed by atoms with Gasteiger partial charge in [-0.25, -0.2) is 4.79 Å². The zero-order chi connectivity index (χ0) is 33.4. The fraction of sp³-hybridized carbons (Fsp3) is 0.833. The molecule has 0 aromatic heterocycles. The fourth-order valence-corrected chi connectivity index (χ4v) is 5.12. The zero-order valence-corrected chi connectivity index (χ0v) is 25.7. The molecule has 0 spiro atoms. The van der Waals surface area contributed by atoms with Crippen LogP contribution in [-0.2, 0) is 47.6 Å². The number of nitroso groups, excluding NO2 is 1. The third-order valence-electron chi connectivity index (χ3n) is 6.83. The van der Waals surface area contributed by atoms with Gasteiger partial charge in [0.05, 0.1) is 11.4 Å². The highest BCUT2D eigenvalue weighted by Crippen LogP contribution is 2.31. The minimum absolute atomic E-state index is 0.508. The van der Waals surface area contributed by atoms with Crippen molar-refractivity contribution in [3.8, 4) is 0 Å². The molecule has 0 aromatic carbocycles. The lowest BCUT2D eigenvalue weighted by Gasteiger charge is -2.47. The van der Waals surface area contributed by atoms with Crippen molar-refractivity contribution in [1.82, 2.24) is 16.0 Å². The maximum Gasteiger partial charge on any atom is 0.339 e. The van der Waals surface area contributed by atoms with Crippen molar-refractivity contribution in [2.45, 2.75) is 99.8 Å². The van der Waals surface area contributed by atoms with Crippen LogP contribution in [0.4, 0.5) is 0 Å². The quantitative estimate of drug-likeness (QED) is 0.0411. The van der Waals surface area contributed by atoms with Gasteiger partial charge in [-0.05, 0) is 13.8 Å². The van der Waals surface area contributed by atoms with Gasteiger partial charge in [0.25, 0.3) is 0 Å². The number of rotatable bonds is 14. The lowest BCUT2D eigenvalue weighted by Crippen LogP contribution is -2.68. The van der Waals surface area contributed by atoms with Crippen LogP contribution in [0.3, 0.4) is 0 Å². The van der Waals surface area contributed by atoms with Crippen LogP contribution in [0.15, 0.2) is 4.58 Å². The first kappa shape index (κ1) is 37.7. The Bertz CT molecular complexity index is 1020. The zero-order valence-electron chi connectivity index (χ0n) is 24.9. The lowest BCUT2D eigenvalue weighted by atomic mass is 9.95. The normalized spacial score (nSPS) is 33.0. The summed E-state index contributed by atoms with van der Waals surface area (Å²) in [5, 5.41) is 48.9. The molecule has 7 N–H and O–H groups in total. The molecule has 44 heavy (non-hydrogen) atoms. The van der Waals surface area contributed by atoms with Gasteiger partial charge in [0.1, 0.15) is 48.7 Å². The van der Waals surface area contributed by atoms with E-state index in [4.69, 9.17) is 28.4 Å². The van der Waals surface area contributed by atoms with E-state index in [1.165, 1.54) is 27.9 Å². The molecule has 0 saturated carbocycles. The average Bonchev–Trinajstić information content (AvgIpc) is 2.95. The summed E-state index contributed by atoms with van der Waals surface area (Å²) in [4.78, 5) is 60.4. The van der Waals surface area contributed by atoms with Crippen molar-refractivity contribution < 1.29 is 68.0 Å².